The van der Waals surface area contributed by atoms with E-state index < -0.39 is 0 Å². The lowest BCUT2D eigenvalue weighted by atomic mass is 9.75. The maximum atomic E-state index is 12.5. The fraction of sp³-hybridized carbons (Fsp3) is 0.889. The topological polar surface area (TPSA) is 49.9 Å². The normalized spacial score (nSPS) is 34.9. The summed E-state index contributed by atoms with van der Waals surface area (Å²) in [6.07, 6.45) is 6.47. The number of hydrogen-bond donors (Lipinski definition) is 0. The molecule has 2 aliphatic heterocycles. The highest BCUT2D eigenvalue weighted by molar-refractivity contribution is 5.97. The SMILES string of the molecule is C[C@@H]1CN(C(=O)CC(=O)N2CCC3CCCCC3C2)C[C@H](C)O1. The first-order valence-corrected chi connectivity index (χ1v) is 9.24. The molecule has 0 spiro atoms. The average Bonchev–Trinajstić information content (AvgIpc) is 2.53. The second-order valence-electron chi connectivity index (χ2n) is 7.67. The molecule has 2 unspecified atom stereocenters. The zero-order valence-corrected chi connectivity index (χ0v) is 14.5. The van der Waals surface area contributed by atoms with E-state index in [1.165, 1.54) is 25.7 Å². The van der Waals surface area contributed by atoms with E-state index in [1.807, 2.05) is 18.7 Å². The van der Waals surface area contributed by atoms with E-state index >= 15 is 0 Å². The van der Waals surface area contributed by atoms with Crippen LogP contribution in [0.1, 0.15) is 52.4 Å². The first-order chi connectivity index (χ1) is 11.0. The fourth-order valence-corrected chi connectivity index (χ4v) is 4.56. The minimum Gasteiger partial charge on any atom is -0.372 e. The van der Waals surface area contributed by atoms with Gasteiger partial charge in [-0.3, -0.25) is 9.59 Å². The van der Waals surface area contributed by atoms with E-state index in [9.17, 15) is 9.59 Å². The number of amides is 2. The Labute approximate surface area is 139 Å². The summed E-state index contributed by atoms with van der Waals surface area (Å²) in [5.74, 6) is 1.46. The van der Waals surface area contributed by atoms with Crippen molar-refractivity contribution in [3.05, 3.63) is 0 Å². The summed E-state index contributed by atoms with van der Waals surface area (Å²) in [5, 5.41) is 0. The van der Waals surface area contributed by atoms with Crippen LogP contribution < -0.4 is 0 Å². The molecule has 2 heterocycles. The van der Waals surface area contributed by atoms with Gasteiger partial charge in [-0.1, -0.05) is 19.3 Å². The van der Waals surface area contributed by atoms with Gasteiger partial charge in [0.1, 0.15) is 6.42 Å². The molecule has 5 nitrogen and oxygen atoms in total. The van der Waals surface area contributed by atoms with E-state index in [-0.39, 0.29) is 30.4 Å². The van der Waals surface area contributed by atoms with Crippen LogP contribution in [0, 0.1) is 11.8 Å². The average molecular weight is 322 g/mol. The number of rotatable bonds is 2. The Kier molecular flexibility index (Phi) is 5.24. The van der Waals surface area contributed by atoms with Crippen molar-refractivity contribution in [1.82, 2.24) is 9.80 Å². The van der Waals surface area contributed by atoms with Gasteiger partial charge in [0, 0.05) is 26.2 Å². The summed E-state index contributed by atoms with van der Waals surface area (Å²) in [7, 11) is 0. The van der Waals surface area contributed by atoms with Gasteiger partial charge in [0.05, 0.1) is 12.2 Å². The number of likely N-dealkylation sites (tertiary alicyclic amines) is 1. The number of ether oxygens (including phenoxy) is 1. The number of nitrogens with zero attached hydrogens (tertiary/aromatic N) is 2. The third-order valence-electron chi connectivity index (χ3n) is 5.72. The van der Waals surface area contributed by atoms with Gasteiger partial charge in [-0.05, 0) is 38.5 Å². The molecular weight excluding hydrogens is 292 g/mol. The van der Waals surface area contributed by atoms with Crippen LogP contribution in [0.5, 0.6) is 0 Å². The van der Waals surface area contributed by atoms with Gasteiger partial charge < -0.3 is 14.5 Å². The fourth-order valence-electron chi connectivity index (χ4n) is 4.56. The third kappa shape index (κ3) is 4.06. The lowest BCUT2D eigenvalue weighted by molar-refractivity contribution is -0.149. The Morgan fingerprint density at radius 1 is 0.870 bits per heavy atom. The number of morpholine rings is 1. The lowest BCUT2D eigenvalue weighted by Crippen LogP contribution is -2.50. The Balaban J connectivity index is 1.51. The molecule has 0 aromatic carbocycles. The minimum atomic E-state index is -0.0391. The first kappa shape index (κ1) is 16.7. The van der Waals surface area contributed by atoms with E-state index in [0.717, 1.165) is 25.4 Å². The van der Waals surface area contributed by atoms with Crippen molar-refractivity contribution in [2.45, 2.75) is 64.6 Å². The van der Waals surface area contributed by atoms with Crippen LogP contribution in [0.15, 0.2) is 0 Å². The lowest BCUT2D eigenvalue weighted by Gasteiger charge is -2.41. The van der Waals surface area contributed by atoms with Gasteiger partial charge in [-0.25, -0.2) is 0 Å². The second-order valence-corrected chi connectivity index (χ2v) is 7.67. The molecule has 1 aliphatic carbocycles. The van der Waals surface area contributed by atoms with Crippen LogP contribution in [0.25, 0.3) is 0 Å². The standard InChI is InChI=1S/C18H30N2O3/c1-13-10-20(11-14(2)23-13)18(22)9-17(21)19-8-7-15-5-3-4-6-16(15)12-19/h13-16H,3-12H2,1-2H3/t13-,14+,15?,16?. The molecular formula is C18H30N2O3. The van der Waals surface area contributed by atoms with Crippen molar-refractivity contribution >= 4 is 11.8 Å². The molecule has 2 amide bonds. The van der Waals surface area contributed by atoms with Crippen molar-refractivity contribution in [3.8, 4) is 0 Å². The molecule has 0 radical (unpaired) electrons. The minimum absolute atomic E-state index is 0.0193. The molecule has 3 rings (SSSR count). The summed E-state index contributed by atoms with van der Waals surface area (Å²) < 4.78 is 5.66. The van der Waals surface area contributed by atoms with Gasteiger partial charge in [0.25, 0.3) is 0 Å². The molecule has 4 atom stereocenters. The number of carbonyl (C=O) groups is 2. The van der Waals surface area contributed by atoms with Crippen molar-refractivity contribution in [3.63, 3.8) is 0 Å². The highest BCUT2D eigenvalue weighted by Gasteiger charge is 2.34. The van der Waals surface area contributed by atoms with Crippen LogP contribution >= 0.6 is 0 Å². The van der Waals surface area contributed by atoms with Crippen LogP contribution in [0.3, 0.4) is 0 Å². The van der Waals surface area contributed by atoms with Crippen molar-refractivity contribution in [2.24, 2.45) is 11.8 Å². The van der Waals surface area contributed by atoms with Crippen molar-refractivity contribution in [1.29, 1.82) is 0 Å². The second kappa shape index (κ2) is 7.20. The van der Waals surface area contributed by atoms with E-state index in [1.54, 1.807) is 4.90 Å². The van der Waals surface area contributed by atoms with E-state index in [2.05, 4.69) is 0 Å². The predicted octanol–water partition coefficient (Wildman–Crippen LogP) is 2.05. The summed E-state index contributed by atoms with van der Waals surface area (Å²) in [4.78, 5) is 28.7. The predicted molar refractivity (Wildman–Crippen MR) is 87.9 cm³/mol. The van der Waals surface area contributed by atoms with Crippen LogP contribution in [0.2, 0.25) is 0 Å². The zero-order valence-electron chi connectivity index (χ0n) is 14.5. The van der Waals surface area contributed by atoms with E-state index in [4.69, 9.17) is 4.74 Å². The maximum absolute atomic E-state index is 12.5. The molecule has 1 saturated carbocycles. The summed E-state index contributed by atoms with van der Waals surface area (Å²) in [6, 6.07) is 0. The van der Waals surface area contributed by atoms with Gasteiger partial charge in [0.15, 0.2) is 0 Å². The molecule has 23 heavy (non-hydrogen) atoms. The highest BCUT2D eigenvalue weighted by Crippen LogP contribution is 2.36. The largest absolute Gasteiger partial charge is 0.372 e. The number of carbonyl (C=O) groups excluding carboxylic acids is 2. The number of fused-ring (bicyclic) bond motifs is 1. The quantitative estimate of drug-likeness (QED) is 0.731. The Morgan fingerprint density at radius 2 is 1.48 bits per heavy atom. The number of piperidine rings is 1. The number of hydrogen-bond acceptors (Lipinski definition) is 3. The third-order valence-corrected chi connectivity index (χ3v) is 5.72. The Morgan fingerprint density at radius 3 is 2.17 bits per heavy atom. The molecule has 0 bridgehead atoms. The Hall–Kier alpha value is -1.10. The van der Waals surface area contributed by atoms with Gasteiger partial charge in [0.2, 0.25) is 11.8 Å². The van der Waals surface area contributed by atoms with Crippen molar-refractivity contribution < 1.29 is 14.3 Å². The smallest absolute Gasteiger partial charge is 0.232 e. The Bertz CT molecular complexity index is 444. The first-order valence-electron chi connectivity index (χ1n) is 9.24. The molecule has 0 aromatic heterocycles. The summed E-state index contributed by atoms with van der Waals surface area (Å²) in [6.45, 7) is 6.86. The van der Waals surface area contributed by atoms with Crippen LogP contribution in [0.4, 0.5) is 0 Å². The zero-order chi connectivity index (χ0) is 16.4. The molecule has 0 N–H and O–H groups in total. The van der Waals surface area contributed by atoms with E-state index in [0.29, 0.717) is 19.0 Å². The van der Waals surface area contributed by atoms with Gasteiger partial charge in [-0.2, -0.15) is 0 Å². The summed E-state index contributed by atoms with van der Waals surface area (Å²) >= 11 is 0. The van der Waals surface area contributed by atoms with Gasteiger partial charge >= 0.3 is 0 Å². The monoisotopic (exact) mass is 322 g/mol. The molecule has 0 aromatic rings. The van der Waals surface area contributed by atoms with Crippen molar-refractivity contribution in [2.75, 3.05) is 26.2 Å². The maximum Gasteiger partial charge on any atom is 0.232 e. The van der Waals surface area contributed by atoms with Gasteiger partial charge in [-0.15, -0.1) is 0 Å². The van der Waals surface area contributed by atoms with Crippen LogP contribution in [-0.4, -0.2) is 60.0 Å². The molecule has 3 fully saturated rings. The van der Waals surface area contributed by atoms with Crippen LogP contribution in [-0.2, 0) is 14.3 Å². The molecule has 130 valence electrons. The molecule has 2 saturated heterocycles. The molecule has 5 heteroatoms. The summed E-state index contributed by atoms with van der Waals surface area (Å²) in [5.41, 5.74) is 0. The molecule has 3 aliphatic rings. The highest BCUT2D eigenvalue weighted by atomic mass is 16.5.